The molecule has 1 unspecified atom stereocenters. The number of benzene rings is 1. The molecule has 27 heavy (non-hydrogen) atoms. The van der Waals surface area contributed by atoms with Crippen LogP contribution in [0.3, 0.4) is 0 Å². The molecule has 1 aromatic rings. The molecule has 148 valence electrons. The maximum atomic E-state index is 12.6. The summed E-state index contributed by atoms with van der Waals surface area (Å²) in [5.74, 6) is -0.426. The average molecular weight is 395 g/mol. The van der Waals surface area contributed by atoms with Gasteiger partial charge in [-0.05, 0) is 18.6 Å². The van der Waals surface area contributed by atoms with E-state index >= 15 is 0 Å². The number of amides is 2. The Morgan fingerprint density at radius 1 is 1.15 bits per heavy atom. The van der Waals surface area contributed by atoms with Crippen molar-refractivity contribution in [1.29, 1.82) is 0 Å². The zero-order valence-electron chi connectivity index (χ0n) is 15.6. The number of hydrogen-bond donors (Lipinski definition) is 0. The van der Waals surface area contributed by atoms with Gasteiger partial charge in [0.05, 0.1) is 24.3 Å². The number of para-hydroxylation sites is 2. The molecule has 3 rings (SSSR count). The third-order valence-electron chi connectivity index (χ3n) is 5.25. The van der Waals surface area contributed by atoms with E-state index < -0.39 is 27.7 Å². The van der Waals surface area contributed by atoms with Gasteiger partial charge < -0.3 is 19.4 Å². The van der Waals surface area contributed by atoms with Crippen LogP contribution in [0.5, 0.6) is 5.75 Å². The number of nitrogens with zero attached hydrogens (tertiary/aromatic N) is 3. The minimum absolute atomic E-state index is 0.0654. The first-order valence-corrected chi connectivity index (χ1v) is 10.8. The second-order valence-electron chi connectivity index (χ2n) is 6.92. The number of rotatable bonds is 3. The lowest BCUT2D eigenvalue weighted by Gasteiger charge is -2.37. The van der Waals surface area contributed by atoms with Crippen LogP contribution in [0.1, 0.15) is 6.42 Å². The molecule has 2 aliphatic rings. The maximum absolute atomic E-state index is 12.6. The monoisotopic (exact) mass is 395 g/mol. The Bertz CT molecular complexity index is 818. The van der Waals surface area contributed by atoms with Crippen molar-refractivity contribution in [3.63, 3.8) is 0 Å². The molecule has 8 nitrogen and oxygen atoms in total. The Balaban J connectivity index is 1.59. The third kappa shape index (κ3) is 4.18. The van der Waals surface area contributed by atoms with Gasteiger partial charge in [0, 0.05) is 39.3 Å². The molecule has 0 spiro atoms. The zero-order chi connectivity index (χ0) is 19.6. The van der Waals surface area contributed by atoms with Gasteiger partial charge in [0.1, 0.15) is 5.75 Å². The number of carbonyl (C=O) groups is 2. The molecule has 0 radical (unpaired) electrons. The Labute approximate surface area is 159 Å². The first kappa shape index (κ1) is 19.5. The molecule has 0 bridgehead atoms. The summed E-state index contributed by atoms with van der Waals surface area (Å²) in [5, 5.41) is 0. The number of carbonyl (C=O) groups excluding carboxylic acids is 2. The smallest absolute Gasteiger partial charge is 0.312 e. The number of methoxy groups -OCH3 is 1. The molecule has 2 saturated heterocycles. The molecular formula is C18H25N3O5S. The van der Waals surface area contributed by atoms with Gasteiger partial charge in [0.15, 0.2) is 9.84 Å². The van der Waals surface area contributed by atoms with E-state index in [-0.39, 0.29) is 11.5 Å². The first-order valence-electron chi connectivity index (χ1n) is 8.97. The second kappa shape index (κ2) is 7.75. The molecule has 0 N–H and O–H groups in total. The van der Waals surface area contributed by atoms with Gasteiger partial charge in [0.2, 0.25) is 0 Å². The van der Waals surface area contributed by atoms with Crippen LogP contribution in [0.2, 0.25) is 0 Å². The summed E-state index contributed by atoms with van der Waals surface area (Å²) in [7, 11) is 0.0257. The van der Waals surface area contributed by atoms with Crippen molar-refractivity contribution in [3.05, 3.63) is 24.3 Å². The summed E-state index contributed by atoms with van der Waals surface area (Å²) in [6, 6.07) is 7.28. The molecule has 0 saturated carbocycles. The average Bonchev–Trinajstić information content (AvgIpc) is 3.06. The molecule has 0 aliphatic carbocycles. The van der Waals surface area contributed by atoms with Crippen LogP contribution < -0.4 is 9.64 Å². The molecule has 1 aromatic carbocycles. The van der Waals surface area contributed by atoms with Crippen LogP contribution in [-0.4, -0.2) is 87.9 Å². The summed E-state index contributed by atoms with van der Waals surface area (Å²) in [4.78, 5) is 30.0. The van der Waals surface area contributed by atoms with Gasteiger partial charge in [-0.1, -0.05) is 12.1 Å². The zero-order valence-corrected chi connectivity index (χ0v) is 16.4. The fourth-order valence-corrected chi connectivity index (χ4v) is 5.35. The Hall–Kier alpha value is -2.29. The van der Waals surface area contributed by atoms with E-state index in [0.717, 1.165) is 11.4 Å². The number of likely N-dealkylation sites (N-methyl/N-ethyl adjacent to an activating group) is 1. The lowest BCUT2D eigenvalue weighted by Crippen LogP contribution is -2.54. The summed E-state index contributed by atoms with van der Waals surface area (Å²) in [6.07, 6.45) is 0.388. The van der Waals surface area contributed by atoms with E-state index in [0.29, 0.717) is 32.6 Å². The molecule has 2 heterocycles. The number of anilines is 1. The standard InChI is InChI=1S/C18H25N3O5S/c1-19(14-7-12-27(24,25)13-14)17(22)18(23)21-10-8-20(9-11-21)15-5-3-4-6-16(15)26-2/h3-6,14H,7-13H2,1-2H3. The summed E-state index contributed by atoms with van der Waals surface area (Å²) < 4.78 is 28.6. The Morgan fingerprint density at radius 2 is 1.81 bits per heavy atom. The van der Waals surface area contributed by atoms with Crippen molar-refractivity contribution < 1.29 is 22.7 Å². The van der Waals surface area contributed by atoms with Gasteiger partial charge in [0.25, 0.3) is 0 Å². The molecule has 2 aliphatic heterocycles. The highest BCUT2D eigenvalue weighted by molar-refractivity contribution is 7.91. The highest BCUT2D eigenvalue weighted by Gasteiger charge is 2.36. The number of ether oxygens (including phenoxy) is 1. The minimum Gasteiger partial charge on any atom is -0.495 e. The van der Waals surface area contributed by atoms with Crippen LogP contribution in [0, 0.1) is 0 Å². The molecule has 2 fully saturated rings. The van der Waals surface area contributed by atoms with E-state index in [4.69, 9.17) is 4.74 Å². The molecule has 0 aromatic heterocycles. The third-order valence-corrected chi connectivity index (χ3v) is 7.00. The van der Waals surface area contributed by atoms with Crippen LogP contribution in [-0.2, 0) is 19.4 Å². The first-order chi connectivity index (χ1) is 12.8. The number of piperazine rings is 1. The molecule has 9 heteroatoms. The van der Waals surface area contributed by atoms with Crippen molar-refractivity contribution in [2.24, 2.45) is 0 Å². The fourth-order valence-electron chi connectivity index (χ4n) is 3.57. The summed E-state index contributed by atoms with van der Waals surface area (Å²) in [5.41, 5.74) is 0.965. The Kier molecular flexibility index (Phi) is 5.59. The van der Waals surface area contributed by atoms with Gasteiger partial charge in [-0.3, -0.25) is 9.59 Å². The molecule has 1 atom stereocenters. The van der Waals surface area contributed by atoms with Crippen LogP contribution in [0.4, 0.5) is 5.69 Å². The lowest BCUT2D eigenvalue weighted by molar-refractivity contribution is -0.152. The number of hydrogen-bond acceptors (Lipinski definition) is 6. The van der Waals surface area contributed by atoms with Crippen LogP contribution in [0.25, 0.3) is 0 Å². The lowest BCUT2D eigenvalue weighted by atomic mass is 10.2. The van der Waals surface area contributed by atoms with Gasteiger partial charge in [-0.15, -0.1) is 0 Å². The predicted octanol–water partition coefficient (Wildman–Crippen LogP) is -0.0107. The fraction of sp³-hybridized carbons (Fsp3) is 0.556. The highest BCUT2D eigenvalue weighted by atomic mass is 32.2. The summed E-state index contributed by atoms with van der Waals surface area (Å²) >= 11 is 0. The minimum atomic E-state index is -3.11. The summed E-state index contributed by atoms with van der Waals surface area (Å²) in [6.45, 7) is 2.06. The second-order valence-corrected chi connectivity index (χ2v) is 9.15. The topological polar surface area (TPSA) is 87.2 Å². The normalized spacial score (nSPS) is 21.8. The van der Waals surface area contributed by atoms with Crippen molar-refractivity contribution >= 4 is 27.3 Å². The molecule has 2 amide bonds. The van der Waals surface area contributed by atoms with Crippen LogP contribution in [0.15, 0.2) is 24.3 Å². The van der Waals surface area contributed by atoms with E-state index in [1.165, 1.54) is 16.8 Å². The van der Waals surface area contributed by atoms with Crippen LogP contribution >= 0.6 is 0 Å². The van der Waals surface area contributed by atoms with E-state index in [1.54, 1.807) is 7.11 Å². The SMILES string of the molecule is COc1ccccc1N1CCN(C(=O)C(=O)N(C)C2CCS(=O)(=O)C2)CC1. The highest BCUT2D eigenvalue weighted by Crippen LogP contribution is 2.28. The quantitative estimate of drug-likeness (QED) is 0.669. The van der Waals surface area contributed by atoms with E-state index in [2.05, 4.69) is 4.90 Å². The Morgan fingerprint density at radius 3 is 2.41 bits per heavy atom. The van der Waals surface area contributed by atoms with E-state index in [9.17, 15) is 18.0 Å². The van der Waals surface area contributed by atoms with Crippen molar-refractivity contribution in [2.45, 2.75) is 12.5 Å². The van der Waals surface area contributed by atoms with Gasteiger partial charge >= 0.3 is 11.8 Å². The maximum Gasteiger partial charge on any atom is 0.312 e. The number of sulfone groups is 1. The van der Waals surface area contributed by atoms with E-state index in [1.807, 2.05) is 24.3 Å². The molecular weight excluding hydrogens is 370 g/mol. The predicted molar refractivity (Wildman–Crippen MR) is 102 cm³/mol. The largest absolute Gasteiger partial charge is 0.495 e. The van der Waals surface area contributed by atoms with Crippen molar-refractivity contribution in [3.8, 4) is 5.75 Å². The van der Waals surface area contributed by atoms with Crippen molar-refractivity contribution in [2.75, 3.05) is 56.7 Å². The van der Waals surface area contributed by atoms with Gasteiger partial charge in [-0.2, -0.15) is 0 Å². The van der Waals surface area contributed by atoms with Gasteiger partial charge in [-0.25, -0.2) is 8.42 Å². The van der Waals surface area contributed by atoms with Crippen molar-refractivity contribution in [1.82, 2.24) is 9.80 Å².